The zero-order valence-corrected chi connectivity index (χ0v) is 19.1. The van der Waals surface area contributed by atoms with Crippen LogP contribution in [0.3, 0.4) is 0 Å². The molecule has 1 atom stereocenters. The van der Waals surface area contributed by atoms with E-state index in [2.05, 4.69) is 16.6 Å². The van der Waals surface area contributed by atoms with Crippen LogP contribution in [-0.2, 0) is 27.8 Å². The van der Waals surface area contributed by atoms with Crippen LogP contribution in [0.2, 0.25) is 0 Å². The second-order valence-corrected chi connectivity index (χ2v) is 11.2. The maximum atomic E-state index is 13.2. The Morgan fingerprint density at radius 1 is 1.37 bits per heavy atom. The summed E-state index contributed by atoms with van der Waals surface area (Å²) in [6, 6.07) is 3.80. The minimum absolute atomic E-state index is 0.0407. The molecule has 1 aliphatic heterocycles. The number of hydrogen-bond donors (Lipinski definition) is 1. The van der Waals surface area contributed by atoms with Gasteiger partial charge in [0, 0.05) is 12.6 Å². The summed E-state index contributed by atoms with van der Waals surface area (Å²) in [5.74, 6) is 0.436. The lowest BCUT2D eigenvalue weighted by atomic mass is 10.0. The predicted molar refractivity (Wildman–Crippen MR) is 117 cm³/mol. The molecule has 160 valence electrons. The number of ketones is 1. The second kappa shape index (κ2) is 7.46. The molecular formula is C21H25N3O4S2. The minimum atomic E-state index is -3.56. The van der Waals surface area contributed by atoms with E-state index in [9.17, 15) is 18.0 Å². The fraction of sp³-hybridized carbons (Fsp3) is 0.476. The molecule has 0 bridgehead atoms. The van der Waals surface area contributed by atoms with Crippen LogP contribution < -0.4 is 4.72 Å². The van der Waals surface area contributed by atoms with Crippen molar-refractivity contribution in [3.63, 3.8) is 0 Å². The topological polar surface area (TPSA) is 96.4 Å². The Labute approximate surface area is 180 Å². The number of anilines is 1. The molecule has 1 aromatic carbocycles. The minimum Gasteiger partial charge on any atom is -0.331 e. The highest BCUT2D eigenvalue weighted by atomic mass is 32.2. The molecule has 2 heterocycles. The Morgan fingerprint density at radius 3 is 2.67 bits per heavy atom. The van der Waals surface area contributed by atoms with Crippen molar-refractivity contribution in [2.45, 2.75) is 52.6 Å². The zero-order chi connectivity index (χ0) is 21.8. The van der Waals surface area contributed by atoms with Gasteiger partial charge in [0.15, 0.2) is 0 Å². The van der Waals surface area contributed by atoms with E-state index < -0.39 is 10.0 Å². The van der Waals surface area contributed by atoms with Gasteiger partial charge in [-0.1, -0.05) is 0 Å². The number of hydrogen-bond acceptors (Lipinski definition) is 6. The number of amides is 1. The van der Waals surface area contributed by atoms with Gasteiger partial charge in [-0.3, -0.25) is 14.3 Å². The first-order valence-corrected chi connectivity index (χ1v) is 12.7. The molecule has 30 heavy (non-hydrogen) atoms. The van der Waals surface area contributed by atoms with E-state index in [1.807, 2.05) is 17.9 Å². The smallest absolute Gasteiger partial charge is 0.256 e. The lowest BCUT2D eigenvalue weighted by Crippen LogP contribution is -2.34. The Balaban J connectivity index is 1.79. The standard InChI is InChI=1S/C21H25N3O4S2/c1-11(25)7-18-22-12(2)20(29-18)15-8-16-10-24(13(3)14-5-6-14)21(26)19(16)17(9-15)23-30(4,27)28/h8-9,13-14,23H,5-7,10H2,1-4H3/t13-/m0/s1. The summed E-state index contributed by atoms with van der Waals surface area (Å²) in [5.41, 5.74) is 3.15. The van der Waals surface area contributed by atoms with Crippen molar-refractivity contribution >= 4 is 38.7 Å². The molecule has 2 aromatic rings. The maximum absolute atomic E-state index is 13.2. The van der Waals surface area contributed by atoms with Gasteiger partial charge in [-0.15, -0.1) is 11.3 Å². The summed E-state index contributed by atoms with van der Waals surface area (Å²) in [4.78, 5) is 31.9. The van der Waals surface area contributed by atoms with Gasteiger partial charge in [-0.05, 0) is 62.8 Å². The molecule has 1 aromatic heterocycles. The second-order valence-electron chi connectivity index (χ2n) is 8.34. The number of rotatable bonds is 7. The summed E-state index contributed by atoms with van der Waals surface area (Å²) in [5, 5.41) is 0.730. The fourth-order valence-corrected chi connectivity index (χ4v) is 5.74. The number of nitrogens with zero attached hydrogens (tertiary/aromatic N) is 2. The third-order valence-electron chi connectivity index (χ3n) is 5.63. The highest BCUT2D eigenvalue weighted by molar-refractivity contribution is 7.92. The molecule has 0 saturated heterocycles. The summed E-state index contributed by atoms with van der Waals surface area (Å²) in [6.07, 6.45) is 3.61. The molecule has 1 saturated carbocycles. The highest BCUT2D eigenvalue weighted by Crippen LogP contribution is 2.42. The number of benzene rings is 1. The number of aromatic nitrogens is 1. The molecule has 1 aliphatic carbocycles. The van der Waals surface area contributed by atoms with Gasteiger partial charge in [0.25, 0.3) is 5.91 Å². The van der Waals surface area contributed by atoms with Crippen molar-refractivity contribution in [3.8, 4) is 10.4 Å². The Morgan fingerprint density at radius 2 is 2.07 bits per heavy atom. The van der Waals surface area contributed by atoms with Crippen LogP contribution in [-0.4, -0.2) is 42.3 Å². The number of carbonyl (C=O) groups is 2. The Hall–Kier alpha value is -2.26. The largest absolute Gasteiger partial charge is 0.331 e. The van der Waals surface area contributed by atoms with Crippen LogP contribution >= 0.6 is 11.3 Å². The van der Waals surface area contributed by atoms with Gasteiger partial charge < -0.3 is 4.90 Å². The van der Waals surface area contributed by atoms with Crippen LogP contribution in [0.15, 0.2) is 12.1 Å². The van der Waals surface area contributed by atoms with Crippen molar-refractivity contribution in [3.05, 3.63) is 34.0 Å². The van der Waals surface area contributed by atoms with Crippen molar-refractivity contribution in [2.75, 3.05) is 11.0 Å². The van der Waals surface area contributed by atoms with Crippen molar-refractivity contribution < 1.29 is 18.0 Å². The first-order valence-electron chi connectivity index (χ1n) is 9.95. The van der Waals surface area contributed by atoms with Gasteiger partial charge in [0.2, 0.25) is 10.0 Å². The highest BCUT2D eigenvalue weighted by Gasteiger charge is 2.40. The molecule has 0 unspecified atom stereocenters. The quantitative estimate of drug-likeness (QED) is 0.702. The van der Waals surface area contributed by atoms with Crippen LogP contribution in [0.5, 0.6) is 0 Å². The fourth-order valence-electron chi connectivity index (χ4n) is 4.06. The zero-order valence-electron chi connectivity index (χ0n) is 17.5. The molecule has 7 nitrogen and oxygen atoms in total. The van der Waals surface area contributed by atoms with Crippen molar-refractivity contribution in [1.82, 2.24) is 9.88 Å². The van der Waals surface area contributed by atoms with E-state index in [4.69, 9.17) is 0 Å². The molecular weight excluding hydrogens is 422 g/mol. The number of nitrogens with one attached hydrogen (secondary N) is 1. The van der Waals surface area contributed by atoms with E-state index in [0.717, 1.165) is 45.8 Å². The van der Waals surface area contributed by atoms with E-state index in [1.54, 1.807) is 6.07 Å². The Bertz CT molecular complexity index is 1150. The third-order valence-corrected chi connectivity index (χ3v) is 7.43. The SMILES string of the molecule is CC(=O)Cc1nc(C)c(-c2cc3c(c(NS(C)(=O)=O)c2)C(=O)N([C@@H](C)C2CC2)C3)s1. The van der Waals surface area contributed by atoms with Gasteiger partial charge in [0.1, 0.15) is 10.8 Å². The Kier molecular flexibility index (Phi) is 5.22. The van der Waals surface area contributed by atoms with Crippen LogP contribution in [0, 0.1) is 12.8 Å². The van der Waals surface area contributed by atoms with Crippen LogP contribution in [0.4, 0.5) is 5.69 Å². The number of fused-ring (bicyclic) bond motifs is 1. The molecule has 1 N–H and O–H groups in total. The normalized spacial score (nSPS) is 17.2. The van der Waals surface area contributed by atoms with Gasteiger partial charge in [-0.2, -0.15) is 0 Å². The number of sulfonamides is 1. The van der Waals surface area contributed by atoms with E-state index >= 15 is 0 Å². The number of thiazole rings is 1. The van der Waals surface area contributed by atoms with E-state index in [0.29, 0.717) is 23.7 Å². The first-order chi connectivity index (χ1) is 14.0. The van der Waals surface area contributed by atoms with Gasteiger partial charge in [-0.25, -0.2) is 13.4 Å². The average Bonchev–Trinajstić information content (AvgIpc) is 3.33. The summed E-state index contributed by atoms with van der Waals surface area (Å²) in [6.45, 7) is 5.93. The number of carbonyl (C=O) groups excluding carboxylic acids is 2. The monoisotopic (exact) mass is 447 g/mol. The number of Topliss-reactive ketones (excluding diaryl/α,β-unsaturated/α-hetero) is 1. The lowest BCUT2D eigenvalue weighted by molar-refractivity contribution is -0.116. The molecule has 2 aliphatic rings. The van der Waals surface area contributed by atoms with Gasteiger partial charge >= 0.3 is 0 Å². The van der Waals surface area contributed by atoms with Crippen molar-refractivity contribution in [2.24, 2.45) is 5.92 Å². The average molecular weight is 448 g/mol. The molecule has 0 spiro atoms. The maximum Gasteiger partial charge on any atom is 0.256 e. The van der Waals surface area contributed by atoms with E-state index in [1.165, 1.54) is 18.3 Å². The summed E-state index contributed by atoms with van der Waals surface area (Å²) in [7, 11) is -3.56. The lowest BCUT2D eigenvalue weighted by Gasteiger charge is -2.24. The number of aryl methyl sites for hydroxylation is 1. The molecule has 9 heteroatoms. The third kappa shape index (κ3) is 4.13. The summed E-state index contributed by atoms with van der Waals surface area (Å²) < 4.78 is 26.5. The van der Waals surface area contributed by atoms with Crippen LogP contribution in [0.25, 0.3) is 10.4 Å². The van der Waals surface area contributed by atoms with Crippen molar-refractivity contribution in [1.29, 1.82) is 0 Å². The van der Waals surface area contributed by atoms with Crippen LogP contribution in [0.1, 0.15) is 53.3 Å². The molecule has 4 rings (SSSR count). The summed E-state index contributed by atoms with van der Waals surface area (Å²) >= 11 is 1.43. The molecule has 1 amide bonds. The van der Waals surface area contributed by atoms with Gasteiger partial charge in [0.05, 0.1) is 34.5 Å². The predicted octanol–water partition coefficient (Wildman–Crippen LogP) is 3.38. The molecule has 0 radical (unpaired) electrons. The first kappa shape index (κ1) is 21.0. The van der Waals surface area contributed by atoms with E-state index in [-0.39, 0.29) is 24.2 Å². The molecule has 1 fully saturated rings.